The summed E-state index contributed by atoms with van der Waals surface area (Å²) in [6.07, 6.45) is 0. The van der Waals surface area contributed by atoms with Crippen molar-refractivity contribution in [2.45, 2.75) is 12.5 Å². The Kier molecular flexibility index (Phi) is 6.71. The van der Waals surface area contributed by atoms with Gasteiger partial charge >= 0.3 is 0 Å². The lowest BCUT2D eigenvalue weighted by molar-refractivity contribution is 0.282. The Morgan fingerprint density at radius 1 is 0.615 bits per heavy atom. The van der Waals surface area contributed by atoms with Gasteiger partial charge in [0.05, 0.1) is 6.61 Å². The second kappa shape index (κ2) is 9.01. The van der Waals surface area contributed by atoms with Crippen molar-refractivity contribution in [1.82, 2.24) is 0 Å². The molecule has 1 nitrogen and oxygen atoms in total. The van der Waals surface area contributed by atoms with Crippen molar-refractivity contribution < 1.29 is 5.11 Å². The van der Waals surface area contributed by atoms with Crippen LogP contribution in [-0.2, 0) is 12.5 Å². The Labute approximate surface area is 174 Å². The predicted octanol–water partition coefficient (Wildman–Crippen LogP) is 7.44. The van der Waals surface area contributed by atoms with Gasteiger partial charge < -0.3 is 5.11 Å². The van der Waals surface area contributed by atoms with Crippen LogP contribution in [0.1, 0.15) is 11.1 Å². The Hall–Kier alpha value is -1.39. The quantitative estimate of drug-likeness (QED) is 0.288. The van der Waals surface area contributed by atoms with Crippen LogP contribution < -0.4 is 0 Å². The topological polar surface area (TPSA) is 20.2 Å². The molecule has 0 bridgehead atoms. The number of halogens is 3. The summed E-state index contributed by atoms with van der Waals surface area (Å²) in [6, 6.07) is 24.6. The summed E-state index contributed by atoms with van der Waals surface area (Å²) in [5.74, 6) is 0.575. The minimum Gasteiger partial charge on any atom is -0.392 e. The molecule has 0 atom stereocenters. The van der Waals surface area contributed by atoms with Crippen LogP contribution in [0.25, 0.3) is 21.5 Å². The number of hydrogen-bond donors (Lipinski definition) is 1. The molecule has 4 aromatic rings. The molecule has 4 heteroatoms. The van der Waals surface area contributed by atoms with Crippen molar-refractivity contribution in [2.24, 2.45) is 0 Å². The van der Waals surface area contributed by atoms with Crippen molar-refractivity contribution >= 4 is 65.0 Å². The van der Waals surface area contributed by atoms with Gasteiger partial charge in [-0.1, -0.05) is 68.3 Å². The Morgan fingerprint density at radius 3 is 1.54 bits per heavy atom. The fraction of sp³-hybridized carbons (Fsp3) is 0.0909. The number of rotatable bonds is 2. The fourth-order valence-corrected chi connectivity index (χ4v) is 3.64. The SMILES string of the molecule is ClCc1ccc2cc(Br)ccc2c1.OCc1ccc2cc(Br)ccc2c1. The molecule has 4 aromatic carbocycles. The van der Waals surface area contributed by atoms with E-state index in [-0.39, 0.29) is 6.61 Å². The predicted molar refractivity (Wildman–Crippen MR) is 119 cm³/mol. The van der Waals surface area contributed by atoms with E-state index in [1.807, 2.05) is 36.4 Å². The average molecular weight is 493 g/mol. The minimum absolute atomic E-state index is 0.103. The second-order valence-electron chi connectivity index (χ2n) is 5.94. The zero-order valence-electron chi connectivity index (χ0n) is 13.9. The smallest absolute Gasteiger partial charge is 0.0682 e. The maximum atomic E-state index is 8.94. The lowest BCUT2D eigenvalue weighted by Gasteiger charge is -2.00. The summed E-state index contributed by atoms with van der Waals surface area (Å²) < 4.78 is 2.19. The van der Waals surface area contributed by atoms with Gasteiger partial charge in [0.2, 0.25) is 0 Å². The van der Waals surface area contributed by atoms with E-state index in [9.17, 15) is 0 Å². The number of alkyl halides is 1. The lowest BCUT2D eigenvalue weighted by atomic mass is 10.1. The normalized spacial score (nSPS) is 10.6. The largest absolute Gasteiger partial charge is 0.392 e. The summed E-state index contributed by atoms with van der Waals surface area (Å²) in [6.45, 7) is 0.103. The average Bonchev–Trinajstić information content (AvgIpc) is 2.67. The number of aliphatic hydroxyl groups is 1. The lowest BCUT2D eigenvalue weighted by Crippen LogP contribution is -1.82. The molecule has 0 aliphatic carbocycles. The third-order valence-electron chi connectivity index (χ3n) is 4.07. The molecular formula is C22H17Br2ClO. The molecule has 132 valence electrons. The van der Waals surface area contributed by atoms with E-state index in [1.165, 1.54) is 16.2 Å². The highest BCUT2D eigenvalue weighted by molar-refractivity contribution is 9.10. The molecule has 0 aliphatic heterocycles. The first-order valence-corrected chi connectivity index (χ1v) is 10.2. The van der Waals surface area contributed by atoms with Crippen molar-refractivity contribution in [3.05, 3.63) is 92.9 Å². The summed E-state index contributed by atoms with van der Waals surface area (Å²) in [4.78, 5) is 0. The van der Waals surface area contributed by atoms with Crippen LogP contribution in [0.5, 0.6) is 0 Å². The van der Waals surface area contributed by atoms with Crippen LogP contribution in [0.4, 0.5) is 0 Å². The van der Waals surface area contributed by atoms with Gasteiger partial charge in [-0.2, -0.15) is 0 Å². The molecule has 0 fully saturated rings. The maximum absolute atomic E-state index is 8.94. The van der Waals surface area contributed by atoms with Crippen molar-refractivity contribution in [1.29, 1.82) is 0 Å². The van der Waals surface area contributed by atoms with Gasteiger partial charge in [0.15, 0.2) is 0 Å². The van der Waals surface area contributed by atoms with Gasteiger partial charge in [-0.25, -0.2) is 0 Å². The monoisotopic (exact) mass is 490 g/mol. The van der Waals surface area contributed by atoms with E-state index in [2.05, 4.69) is 68.3 Å². The van der Waals surface area contributed by atoms with E-state index in [1.54, 1.807) is 0 Å². The fourth-order valence-electron chi connectivity index (χ4n) is 2.71. The molecule has 4 rings (SSSR count). The first-order chi connectivity index (χ1) is 12.6. The van der Waals surface area contributed by atoms with Crippen LogP contribution in [0, 0.1) is 0 Å². The maximum Gasteiger partial charge on any atom is 0.0682 e. The zero-order valence-corrected chi connectivity index (χ0v) is 17.9. The van der Waals surface area contributed by atoms with E-state index >= 15 is 0 Å². The van der Waals surface area contributed by atoms with Crippen LogP contribution in [-0.4, -0.2) is 5.11 Å². The highest BCUT2D eigenvalue weighted by atomic mass is 79.9. The van der Waals surface area contributed by atoms with Gasteiger partial charge in [-0.05, 0) is 69.1 Å². The molecule has 1 N–H and O–H groups in total. The highest BCUT2D eigenvalue weighted by Crippen LogP contribution is 2.22. The Balaban J connectivity index is 0.000000151. The molecule has 0 saturated heterocycles. The van der Waals surface area contributed by atoms with Crippen LogP contribution in [0.3, 0.4) is 0 Å². The van der Waals surface area contributed by atoms with Crippen LogP contribution >= 0.6 is 43.5 Å². The van der Waals surface area contributed by atoms with Gasteiger partial charge in [-0.15, -0.1) is 11.6 Å². The molecule has 26 heavy (non-hydrogen) atoms. The zero-order chi connectivity index (χ0) is 18.5. The number of hydrogen-bond acceptors (Lipinski definition) is 1. The molecular weight excluding hydrogens is 476 g/mol. The summed E-state index contributed by atoms with van der Waals surface area (Å²) in [5, 5.41) is 13.8. The van der Waals surface area contributed by atoms with E-state index in [0.717, 1.165) is 25.5 Å². The molecule has 0 aromatic heterocycles. The van der Waals surface area contributed by atoms with E-state index in [4.69, 9.17) is 16.7 Å². The summed E-state index contributed by atoms with van der Waals surface area (Å²) in [7, 11) is 0. The van der Waals surface area contributed by atoms with Gasteiger partial charge in [0.1, 0.15) is 0 Å². The number of fused-ring (bicyclic) bond motifs is 2. The minimum atomic E-state index is 0.103. The molecule has 0 spiro atoms. The molecule has 0 heterocycles. The van der Waals surface area contributed by atoms with Crippen molar-refractivity contribution in [3.8, 4) is 0 Å². The van der Waals surface area contributed by atoms with Crippen molar-refractivity contribution in [3.63, 3.8) is 0 Å². The van der Waals surface area contributed by atoms with Gasteiger partial charge in [0.25, 0.3) is 0 Å². The highest BCUT2D eigenvalue weighted by Gasteiger charge is 1.97. The summed E-state index contributed by atoms with van der Waals surface area (Å²) >= 11 is 12.6. The third kappa shape index (κ3) is 4.86. The molecule has 0 saturated carbocycles. The Bertz CT molecular complexity index is 961. The molecule has 0 amide bonds. The molecule has 0 radical (unpaired) electrons. The first kappa shape index (κ1) is 19.4. The third-order valence-corrected chi connectivity index (χ3v) is 5.37. The standard InChI is InChI=1S/C11H8BrCl.C11H9BrO/c2*12-11-4-3-9-5-8(7-13)1-2-10(9)6-11/h1-6H,7H2;1-6,13H,7H2. The van der Waals surface area contributed by atoms with E-state index in [0.29, 0.717) is 5.88 Å². The van der Waals surface area contributed by atoms with Crippen LogP contribution in [0.2, 0.25) is 0 Å². The van der Waals surface area contributed by atoms with Gasteiger partial charge in [0, 0.05) is 14.8 Å². The first-order valence-electron chi connectivity index (χ1n) is 8.12. The molecule has 0 unspecified atom stereocenters. The summed E-state index contributed by atoms with van der Waals surface area (Å²) in [5.41, 5.74) is 2.12. The van der Waals surface area contributed by atoms with Crippen LogP contribution in [0.15, 0.2) is 81.7 Å². The van der Waals surface area contributed by atoms with Crippen molar-refractivity contribution in [2.75, 3.05) is 0 Å². The van der Waals surface area contributed by atoms with Gasteiger partial charge in [-0.3, -0.25) is 0 Å². The molecule has 0 aliphatic rings. The number of aliphatic hydroxyl groups excluding tert-OH is 1. The van der Waals surface area contributed by atoms with E-state index < -0.39 is 0 Å². The second-order valence-corrected chi connectivity index (χ2v) is 8.04. The Morgan fingerprint density at radius 2 is 1.04 bits per heavy atom. The number of benzene rings is 4.